The van der Waals surface area contributed by atoms with Gasteiger partial charge in [-0.3, -0.25) is 4.40 Å². The van der Waals surface area contributed by atoms with E-state index in [0.717, 1.165) is 24.1 Å². The van der Waals surface area contributed by atoms with Gasteiger partial charge in [0, 0.05) is 49.8 Å². The van der Waals surface area contributed by atoms with Gasteiger partial charge in [0.15, 0.2) is 11.5 Å². The maximum absolute atomic E-state index is 14.6. The highest BCUT2D eigenvalue weighted by molar-refractivity contribution is 5.68. The molecule has 0 bridgehead atoms. The predicted molar refractivity (Wildman–Crippen MR) is 129 cm³/mol. The highest BCUT2D eigenvalue weighted by Crippen LogP contribution is 2.30. The molecule has 12 heteroatoms. The van der Waals surface area contributed by atoms with Crippen molar-refractivity contribution in [2.45, 2.75) is 51.7 Å². The summed E-state index contributed by atoms with van der Waals surface area (Å²) in [4.78, 5) is 23.2. The number of ether oxygens (including phenoxy) is 1. The van der Waals surface area contributed by atoms with Crippen molar-refractivity contribution in [1.29, 1.82) is 0 Å². The lowest BCUT2D eigenvalue weighted by Crippen LogP contribution is -2.41. The smallest absolute Gasteiger partial charge is 0.410 e. The third-order valence-electron chi connectivity index (χ3n) is 6.09. The summed E-state index contributed by atoms with van der Waals surface area (Å²) in [6, 6.07) is 4.89. The van der Waals surface area contributed by atoms with Crippen molar-refractivity contribution in [1.82, 2.24) is 39.5 Å². The standard InChI is InChI=1S/C24H28FN9O2/c1-24(2,3)36-23(35)32-9-6-17(7-10-32)20-14-28-22-21(26-8-11-33(20)22)27-13-16-4-5-19(18(25)12-16)34-15-29-30-31-34/h4-5,8,11-12,14-15,17H,6-7,9-10,13H2,1-3H3,(H,26,27). The van der Waals surface area contributed by atoms with Gasteiger partial charge in [-0.25, -0.2) is 19.2 Å². The summed E-state index contributed by atoms with van der Waals surface area (Å²) in [6.45, 7) is 7.26. The number of anilines is 1. The van der Waals surface area contributed by atoms with Crippen molar-refractivity contribution >= 4 is 17.6 Å². The van der Waals surface area contributed by atoms with E-state index in [1.807, 2.05) is 43.6 Å². The Bertz CT molecular complexity index is 1360. The summed E-state index contributed by atoms with van der Waals surface area (Å²) < 4.78 is 23.4. The largest absolute Gasteiger partial charge is 0.444 e. The van der Waals surface area contributed by atoms with Gasteiger partial charge in [0.25, 0.3) is 0 Å². The van der Waals surface area contributed by atoms with E-state index in [1.165, 1.54) is 17.1 Å². The lowest BCUT2D eigenvalue weighted by atomic mass is 9.94. The molecule has 1 N–H and O–H groups in total. The van der Waals surface area contributed by atoms with E-state index in [9.17, 15) is 9.18 Å². The van der Waals surface area contributed by atoms with Crippen LogP contribution in [0.3, 0.4) is 0 Å². The van der Waals surface area contributed by atoms with Gasteiger partial charge in [0.1, 0.15) is 23.4 Å². The van der Waals surface area contributed by atoms with E-state index in [-0.39, 0.29) is 17.7 Å². The highest BCUT2D eigenvalue weighted by atomic mass is 19.1. The summed E-state index contributed by atoms with van der Waals surface area (Å²) >= 11 is 0. The van der Waals surface area contributed by atoms with Gasteiger partial charge in [-0.15, -0.1) is 5.10 Å². The minimum Gasteiger partial charge on any atom is -0.444 e. The second kappa shape index (κ2) is 9.51. The predicted octanol–water partition coefficient (Wildman–Crippen LogP) is 3.57. The first-order chi connectivity index (χ1) is 17.3. The first kappa shape index (κ1) is 23.6. The Balaban J connectivity index is 1.26. The molecule has 1 aliphatic heterocycles. The SMILES string of the molecule is CC(C)(C)OC(=O)N1CCC(c2cnc3c(NCc4ccc(-n5cnnn5)c(F)c4)nccn23)CC1. The fourth-order valence-electron chi connectivity index (χ4n) is 4.35. The molecular formula is C24H28FN9O2. The maximum atomic E-state index is 14.6. The van der Waals surface area contributed by atoms with Crippen LogP contribution in [0.5, 0.6) is 0 Å². The van der Waals surface area contributed by atoms with Crippen LogP contribution in [0.25, 0.3) is 11.3 Å². The number of hydrogen-bond donors (Lipinski definition) is 1. The Morgan fingerprint density at radius 2 is 2.03 bits per heavy atom. The van der Waals surface area contributed by atoms with Crippen LogP contribution < -0.4 is 5.32 Å². The van der Waals surface area contributed by atoms with Crippen LogP contribution >= 0.6 is 0 Å². The fraction of sp³-hybridized carbons (Fsp3) is 0.417. The highest BCUT2D eigenvalue weighted by Gasteiger charge is 2.29. The van der Waals surface area contributed by atoms with Crippen LogP contribution in [0.15, 0.2) is 43.1 Å². The number of halogens is 1. The monoisotopic (exact) mass is 493 g/mol. The van der Waals surface area contributed by atoms with Gasteiger partial charge >= 0.3 is 6.09 Å². The van der Waals surface area contributed by atoms with Crippen molar-refractivity contribution in [2.75, 3.05) is 18.4 Å². The van der Waals surface area contributed by atoms with Gasteiger partial charge in [0.05, 0.1) is 0 Å². The summed E-state index contributed by atoms with van der Waals surface area (Å²) in [5.41, 5.74) is 2.30. The van der Waals surface area contributed by atoms with Gasteiger partial charge in [0.2, 0.25) is 0 Å². The lowest BCUT2D eigenvalue weighted by molar-refractivity contribution is 0.0204. The van der Waals surface area contributed by atoms with Crippen LogP contribution in [0.4, 0.5) is 15.0 Å². The van der Waals surface area contributed by atoms with Crippen LogP contribution in [0.1, 0.15) is 50.8 Å². The van der Waals surface area contributed by atoms with E-state index in [1.54, 1.807) is 17.2 Å². The third kappa shape index (κ3) is 4.97. The molecule has 1 amide bonds. The number of aromatic nitrogens is 7. The molecule has 0 saturated carbocycles. The summed E-state index contributed by atoms with van der Waals surface area (Å²) in [5, 5.41) is 14.1. The number of nitrogens with zero attached hydrogens (tertiary/aromatic N) is 8. The Morgan fingerprint density at radius 3 is 2.72 bits per heavy atom. The van der Waals surface area contributed by atoms with Gasteiger partial charge in [-0.1, -0.05) is 6.07 Å². The average Bonchev–Trinajstić information content (AvgIpc) is 3.52. The van der Waals surface area contributed by atoms with Crippen LogP contribution in [-0.4, -0.2) is 64.3 Å². The number of tetrazole rings is 1. The molecule has 11 nitrogen and oxygen atoms in total. The quantitative estimate of drug-likeness (QED) is 0.449. The van der Waals surface area contributed by atoms with Crippen LogP contribution in [0, 0.1) is 5.82 Å². The van der Waals surface area contributed by atoms with E-state index in [2.05, 4.69) is 30.8 Å². The topological polar surface area (TPSA) is 115 Å². The number of amides is 1. The number of benzene rings is 1. The zero-order chi connectivity index (χ0) is 25.3. The molecule has 0 unspecified atom stereocenters. The Labute approximate surface area is 207 Å². The van der Waals surface area contributed by atoms with Gasteiger partial charge in [-0.2, -0.15) is 4.68 Å². The molecule has 36 heavy (non-hydrogen) atoms. The molecule has 0 atom stereocenters. The van der Waals surface area contributed by atoms with E-state index >= 15 is 0 Å². The molecular weight excluding hydrogens is 465 g/mol. The maximum Gasteiger partial charge on any atom is 0.410 e. The number of carbonyl (C=O) groups is 1. The van der Waals surface area contributed by atoms with Crippen molar-refractivity contribution in [3.8, 4) is 5.69 Å². The van der Waals surface area contributed by atoms with Crippen molar-refractivity contribution in [3.05, 3.63) is 60.2 Å². The van der Waals surface area contributed by atoms with Crippen molar-refractivity contribution in [2.24, 2.45) is 0 Å². The molecule has 0 aliphatic carbocycles. The van der Waals surface area contributed by atoms with Gasteiger partial charge in [-0.05, 0) is 61.7 Å². The van der Waals surface area contributed by atoms with E-state index in [4.69, 9.17) is 4.74 Å². The Morgan fingerprint density at radius 1 is 1.22 bits per heavy atom. The lowest BCUT2D eigenvalue weighted by Gasteiger charge is -2.33. The molecule has 3 aromatic heterocycles. The minimum atomic E-state index is -0.505. The number of imidazole rings is 1. The summed E-state index contributed by atoms with van der Waals surface area (Å²) in [5.74, 6) is 0.454. The normalized spacial score (nSPS) is 14.8. The molecule has 1 aromatic carbocycles. The number of nitrogens with one attached hydrogen (secondary N) is 1. The zero-order valence-electron chi connectivity index (χ0n) is 20.4. The van der Waals surface area contributed by atoms with Crippen LogP contribution in [0.2, 0.25) is 0 Å². The number of fused-ring (bicyclic) bond motifs is 1. The number of carbonyl (C=O) groups excluding carboxylic acids is 1. The molecule has 0 radical (unpaired) electrons. The first-order valence-corrected chi connectivity index (χ1v) is 11.8. The second-order valence-corrected chi connectivity index (χ2v) is 9.79. The van der Waals surface area contributed by atoms with Crippen LogP contribution in [-0.2, 0) is 11.3 Å². The first-order valence-electron chi connectivity index (χ1n) is 11.8. The van der Waals surface area contributed by atoms with Gasteiger partial charge < -0.3 is 15.0 Å². The average molecular weight is 494 g/mol. The van der Waals surface area contributed by atoms with Crippen molar-refractivity contribution < 1.29 is 13.9 Å². The Kier molecular flexibility index (Phi) is 6.25. The van der Waals surface area contributed by atoms with Crippen molar-refractivity contribution in [3.63, 3.8) is 0 Å². The Hall–Kier alpha value is -4.09. The minimum absolute atomic E-state index is 0.266. The molecule has 4 aromatic rings. The molecule has 188 valence electrons. The molecule has 5 rings (SSSR count). The summed E-state index contributed by atoms with van der Waals surface area (Å²) in [6.07, 6.45) is 8.21. The third-order valence-corrected chi connectivity index (χ3v) is 6.09. The molecule has 1 aliphatic rings. The zero-order valence-corrected chi connectivity index (χ0v) is 20.4. The number of piperidine rings is 1. The molecule has 0 spiro atoms. The van der Waals surface area contributed by atoms with E-state index in [0.29, 0.717) is 31.1 Å². The number of rotatable bonds is 5. The number of hydrogen-bond acceptors (Lipinski definition) is 8. The molecule has 1 saturated heterocycles. The summed E-state index contributed by atoms with van der Waals surface area (Å²) in [7, 11) is 0. The molecule has 4 heterocycles. The fourth-order valence-corrected chi connectivity index (χ4v) is 4.35. The second-order valence-electron chi connectivity index (χ2n) is 9.79. The molecule has 1 fully saturated rings. The van der Waals surface area contributed by atoms with E-state index < -0.39 is 11.4 Å². The number of likely N-dealkylation sites (tertiary alicyclic amines) is 1.